The van der Waals surface area contributed by atoms with E-state index >= 15 is 0 Å². The van der Waals surface area contributed by atoms with Gasteiger partial charge in [-0.15, -0.1) is 0 Å². The van der Waals surface area contributed by atoms with Crippen LogP contribution in [-0.2, 0) is 0 Å². The number of fused-ring (bicyclic) bond motifs is 5. The first-order valence-corrected chi connectivity index (χ1v) is 19.2. The van der Waals surface area contributed by atoms with Crippen LogP contribution in [0.1, 0.15) is 0 Å². The van der Waals surface area contributed by atoms with Crippen molar-refractivity contribution in [2.75, 3.05) is 0 Å². The molecule has 0 atom stereocenters. The third-order valence-electron chi connectivity index (χ3n) is 10.9. The summed E-state index contributed by atoms with van der Waals surface area (Å²) in [6, 6.07) is 70.0. The van der Waals surface area contributed by atoms with Gasteiger partial charge in [0, 0.05) is 21.9 Å². The molecule has 57 heavy (non-hydrogen) atoms. The van der Waals surface area contributed by atoms with E-state index < -0.39 is 0 Å². The zero-order chi connectivity index (χ0) is 37.7. The predicted molar refractivity (Wildman–Crippen MR) is 235 cm³/mol. The van der Waals surface area contributed by atoms with E-state index in [1.165, 1.54) is 21.9 Å². The zero-order valence-corrected chi connectivity index (χ0v) is 30.8. The standard InChI is InChI=1S/C53H33N3O/c1-3-12-34(13-4-1)40-28-24-36-25-29-41(33-42(36)32-40)35-22-26-39(27-23-35)51-54-52(47-20-11-19-46-45-18-9-10-21-48(45)57-50(46)47)56-53(55-51)49-43-17-8-7-16-38(43)30-31-44(49)37-14-5-2-6-15-37/h1-33H. The molecule has 0 unspecified atom stereocenters. The van der Waals surface area contributed by atoms with Crippen LogP contribution in [0, 0.1) is 0 Å². The maximum atomic E-state index is 6.52. The highest BCUT2D eigenvalue weighted by Crippen LogP contribution is 2.40. The molecule has 0 fully saturated rings. The van der Waals surface area contributed by atoms with Crippen molar-refractivity contribution in [3.8, 4) is 67.5 Å². The van der Waals surface area contributed by atoms with Crippen molar-refractivity contribution in [3.05, 3.63) is 200 Å². The molecule has 0 saturated carbocycles. The third-order valence-corrected chi connectivity index (χ3v) is 10.9. The molecule has 4 nitrogen and oxygen atoms in total. The molecule has 2 aromatic heterocycles. The molecule has 0 aliphatic rings. The van der Waals surface area contributed by atoms with Gasteiger partial charge in [-0.1, -0.05) is 176 Å². The maximum absolute atomic E-state index is 6.52. The topological polar surface area (TPSA) is 51.8 Å². The smallest absolute Gasteiger partial charge is 0.167 e. The minimum Gasteiger partial charge on any atom is -0.455 e. The van der Waals surface area contributed by atoms with Gasteiger partial charge in [-0.25, -0.2) is 15.0 Å². The second kappa shape index (κ2) is 13.6. The van der Waals surface area contributed by atoms with Crippen molar-refractivity contribution in [1.29, 1.82) is 0 Å². The van der Waals surface area contributed by atoms with Crippen LogP contribution in [0.15, 0.2) is 205 Å². The summed E-state index contributed by atoms with van der Waals surface area (Å²) >= 11 is 0. The number of hydrogen-bond acceptors (Lipinski definition) is 4. The number of nitrogens with zero attached hydrogens (tertiary/aromatic N) is 3. The van der Waals surface area contributed by atoms with Crippen LogP contribution in [0.2, 0.25) is 0 Å². The van der Waals surface area contributed by atoms with Gasteiger partial charge in [0.2, 0.25) is 0 Å². The number of aromatic nitrogens is 3. The van der Waals surface area contributed by atoms with Crippen LogP contribution < -0.4 is 0 Å². The van der Waals surface area contributed by atoms with E-state index in [0.717, 1.165) is 71.7 Å². The highest BCUT2D eigenvalue weighted by Gasteiger charge is 2.21. The lowest BCUT2D eigenvalue weighted by atomic mass is 9.93. The summed E-state index contributed by atoms with van der Waals surface area (Å²) in [5, 5.41) is 6.69. The molecule has 11 rings (SSSR count). The molecular weight excluding hydrogens is 695 g/mol. The molecule has 0 aliphatic carbocycles. The summed E-state index contributed by atoms with van der Waals surface area (Å²) in [7, 11) is 0. The maximum Gasteiger partial charge on any atom is 0.167 e. The van der Waals surface area contributed by atoms with Crippen molar-refractivity contribution >= 4 is 43.5 Å². The van der Waals surface area contributed by atoms with Crippen molar-refractivity contribution in [2.45, 2.75) is 0 Å². The van der Waals surface area contributed by atoms with E-state index in [1.54, 1.807) is 0 Å². The lowest BCUT2D eigenvalue weighted by Crippen LogP contribution is -2.02. The molecule has 9 aromatic carbocycles. The summed E-state index contributed by atoms with van der Waals surface area (Å²) in [5.74, 6) is 1.75. The third kappa shape index (κ3) is 5.83. The largest absolute Gasteiger partial charge is 0.455 e. The Morgan fingerprint density at radius 3 is 1.63 bits per heavy atom. The Hall–Kier alpha value is -7.69. The minimum absolute atomic E-state index is 0.555. The lowest BCUT2D eigenvalue weighted by Gasteiger charge is -2.15. The zero-order valence-electron chi connectivity index (χ0n) is 30.8. The van der Waals surface area contributed by atoms with Crippen molar-refractivity contribution in [2.24, 2.45) is 0 Å². The summed E-state index contributed by atoms with van der Waals surface area (Å²) in [6.07, 6.45) is 0. The number of furan rings is 1. The van der Waals surface area contributed by atoms with Crippen molar-refractivity contribution in [3.63, 3.8) is 0 Å². The molecular formula is C53H33N3O. The van der Waals surface area contributed by atoms with Gasteiger partial charge in [0.15, 0.2) is 17.5 Å². The Morgan fingerprint density at radius 2 is 0.860 bits per heavy atom. The van der Waals surface area contributed by atoms with Crippen molar-refractivity contribution < 1.29 is 4.42 Å². The van der Waals surface area contributed by atoms with E-state index in [2.05, 4.69) is 170 Å². The fourth-order valence-corrected chi connectivity index (χ4v) is 8.08. The molecule has 0 N–H and O–H groups in total. The predicted octanol–water partition coefficient (Wildman–Crippen LogP) is 14.1. The van der Waals surface area contributed by atoms with Gasteiger partial charge in [0.25, 0.3) is 0 Å². The van der Waals surface area contributed by atoms with Gasteiger partial charge in [-0.2, -0.15) is 0 Å². The number of rotatable bonds is 6. The lowest BCUT2D eigenvalue weighted by molar-refractivity contribution is 0.669. The normalized spacial score (nSPS) is 11.5. The fourth-order valence-electron chi connectivity index (χ4n) is 8.08. The number of para-hydroxylation sites is 2. The monoisotopic (exact) mass is 727 g/mol. The summed E-state index contributed by atoms with van der Waals surface area (Å²) in [5.41, 5.74) is 11.1. The first kappa shape index (κ1) is 32.7. The van der Waals surface area contributed by atoms with Crippen LogP contribution >= 0.6 is 0 Å². The van der Waals surface area contributed by atoms with Gasteiger partial charge >= 0.3 is 0 Å². The first-order valence-electron chi connectivity index (χ1n) is 19.2. The van der Waals surface area contributed by atoms with E-state index in [9.17, 15) is 0 Å². The van der Waals surface area contributed by atoms with Crippen molar-refractivity contribution in [1.82, 2.24) is 15.0 Å². The highest BCUT2D eigenvalue weighted by atomic mass is 16.3. The molecule has 266 valence electrons. The Labute approximate surface area is 329 Å². The van der Waals surface area contributed by atoms with Crippen LogP contribution in [0.25, 0.3) is 111 Å². The van der Waals surface area contributed by atoms with Gasteiger partial charge < -0.3 is 4.42 Å². The highest BCUT2D eigenvalue weighted by molar-refractivity contribution is 6.09. The molecule has 0 amide bonds. The summed E-state index contributed by atoms with van der Waals surface area (Å²) in [4.78, 5) is 15.8. The Bertz CT molecular complexity index is 3280. The molecule has 0 spiro atoms. The molecule has 11 aromatic rings. The van der Waals surface area contributed by atoms with Gasteiger partial charge in [0.1, 0.15) is 11.2 Å². The van der Waals surface area contributed by atoms with Gasteiger partial charge in [0.05, 0.1) is 5.56 Å². The SMILES string of the molecule is c1ccc(-c2ccc3ccc(-c4ccc(-c5nc(-c6c(-c7ccccc7)ccc7ccccc67)nc(-c6cccc7c6oc6ccccc67)n5)cc4)cc3c2)cc1. The van der Waals surface area contributed by atoms with E-state index in [4.69, 9.17) is 19.4 Å². The van der Waals surface area contributed by atoms with Gasteiger partial charge in [-0.3, -0.25) is 0 Å². The van der Waals surface area contributed by atoms with Crippen LogP contribution in [0.4, 0.5) is 0 Å². The number of benzene rings is 9. The first-order chi connectivity index (χ1) is 28.2. The average molecular weight is 728 g/mol. The van der Waals surface area contributed by atoms with E-state index in [1.807, 2.05) is 30.3 Å². The average Bonchev–Trinajstić information content (AvgIpc) is 3.68. The van der Waals surface area contributed by atoms with E-state index in [0.29, 0.717) is 17.5 Å². The Morgan fingerprint density at radius 1 is 0.298 bits per heavy atom. The molecule has 2 heterocycles. The molecule has 0 aliphatic heterocycles. The van der Waals surface area contributed by atoms with Crippen LogP contribution in [0.3, 0.4) is 0 Å². The van der Waals surface area contributed by atoms with E-state index in [-0.39, 0.29) is 0 Å². The Kier molecular flexibility index (Phi) is 7.78. The second-order valence-electron chi connectivity index (χ2n) is 14.4. The summed E-state index contributed by atoms with van der Waals surface area (Å²) in [6.45, 7) is 0. The van der Waals surface area contributed by atoms with Crippen LogP contribution in [-0.4, -0.2) is 15.0 Å². The fraction of sp³-hybridized carbons (Fsp3) is 0. The second-order valence-corrected chi connectivity index (χ2v) is 14.4. The Balaban J connectivity index is 1.08. The quantitative estimate of drug-likeness (QED) is 0.171. The molecule has 0 radical (unpaired) electrons. The molecule has 0 saturated heterocycles. The van der Waals surface area contributed by atoms with Gasteiger partial charge in [-0.05, 0) is 79.2 Å². The molecule has 0 bridgehead atoms. The molecule has 4 heteroatoms. The minimum atomic E-state index is 0.555. The number of hydrogen-bond donors (Lipinski definition) is 0. The van der Waals surface area contributed by atoms with Crippen LogP contribution in [0.5, 0.6) is 0 Å². The summed E-state index contributed by atoms with van der Waals surface area (Å²) < 4.78 is 6.52.